The third-order valence-corrected chi connectivity index (χ3v) is 18.4. The number of fused-ring (bicyclic) bond motifs is 3. The molecule has 0 bridgehead atoms. The summed E-state index contributed by atoms with van der Waals surface area (Å²) in [5.41, 5.74) is 0.584. The Morgan fingerprint density at radius 1 is 0.517 bits per heavy atom. The van der Waals surface area contributed by atoms with E-state index in [2.05, 4.69) is 26.3 Å². The number of nitriles is 1. The number of nitrogens with one attached hydrogen (secondary N) is 2. The SMILES string of the molecule is CC1(C)CC(=O)C2=C(C1)OC1=C(C(=O)c3c[n+](CC4(C)CC(=O)C5=C(C4)OC4=C(C(=O)c6nc[n+](CC7(C)CC(=O)C8=C(C7)OC7=C(C(=O)c9cn[nH]c9C7=O)C8c7ccccc7)cc6C4=O)C5c4ccccc4)[nH]c3C1=O)C2c1ccc(C#N)cc1. The highest BCUT2D eigenvalue weighted by Crippen LogP contribution is 2.55. The Kier molecular flexibility index (Phi) is 11.5. The smallest absolute Gasteiger partial charge is 0.287 e. The van der Waals surface area contributed by atoms with Crippen LogP contribution < -0.4 is 9.25 Å². The first-order chi connectivity index (χ1) is 41.7. The molecule has 3 aromatic carbocycles. The molecule has 3 aromatic heterocycles. The van der Waals surface area contributed by atoms with E-state index >= 15 is 9.59 Å². The van der Waals surface area contributed by atoms with Crippen molar-refractivity contribution in [2.45, 2.75) is 97.1 Å². The van der Waals surface area contributed by atoms with Gasteiger partial charge in [-0.2, -0.15) is 15.5 Å². The molecule has 2 N–H and O–H groups in total. The zero-order chi connectivity index (χ0) is 60.3. The van der Waals surface area contributed by atoms with Crippen molar-refractivity contribution in [3.63, 3.8) is 0 Å². The van der Waals surface area contributed by atoms with Crippen LogP contribution >= 0.6 is 0 Å². The number of carbonyl (C=O) groups excluding carboxylic acids is 9. The van der Waals surface area contributed by atoms with Crippen LogP contribution in [0.5, 0.6) is 0 Å². The molecule has 0 radical (unpaired) electrons. The molecule has 0 saturated heterocycles. The molecule has 6 aliphatic carbocycles. The molecule has 9 aliphatic rings. The quantitative estimate of drug-likeness (QED) is 0.143. The van der Waals surface area contributed by atoms with Crippen LogP contribution in [0.25, 0.3) is 0 Å². The first-order valence-corrected chi connectivity index (χ1v) is 28.7. The van der Waals surface area contributed by atoms with Gasteiger partial charge in [-0.25, -0.2) is 4.57 Å². The van der Waals surface area contributed by atoms with Crippen molar-refractivity contribution in [2.75, 3.05) is 0 Å². The lowest BCUT2D eigenvalue weighted by Gasteiger charge is -2.40. The Labute approximate surface area is 495 Å². The van der Waals surface area contributed by atoms with Crippen LogP contribution in [0.1, 0.15) is 169 Å². The lowest BCUT2D eigenvalue weighted by molar-refractivity contribution is -0.761. The number of allylic oxidation sites excluding steroid dienone is 12. The average molecular weight is 1160 g/mol. The lowest BCUT2D eigenvalue weighted by atomic mass is 9.67. The first kappa shape index (κ1) is 53.3. The Morgan fingerprint density at radius 3 is 1.59 bits per heavy atom. The van der Waals surface area contributed by atoms with Gasteiger partial charge in [0.05, 0.1) is 46.7 Å². The molecule has 0 amide bonds. The molecule has 15 rings (SSSR count). The zero-order valence-electron chi connectivity index (χ0n) is 47.4. The number of carbonyl (C=O) groups is 9. The van der Waals surface area contributed by atoms with Gasteiger partial charge in [-0.1, -0.05) is 100 Å². The number of hydrogen-bond donors (Lipinski definition) is 2. The minimum atomic E-state index is -1.01. The van der Waals surface area contributed by atoms with E-state index in [9.17, 15) is 38.8 Å². The van der Waals surface area contributed by atoms with Crippen molar-refractivity contribution in [3.8, 4) is 6.07 Å². The molecular formula is C68H51N7O12+2. The Morgan fingerprint density at radius 2 is 1.01 bits per heavy atom. The molecule has 5 unspecified atom stereocenters. The monoisotopic (exact) mass is 1160 g/mol. The second-order valence-corrected chi connectivity index (χ2v) is 25.6. The number of Topliss-reactive ketones (excluding diaryl/α,β-unsaturated/α-hetero) is 9. The molecule has 19 nitrogen and oxygen atoms in total. The largest absolute Gasteiger partial charge is 0.457 e. The Bertz CT molecular complexity index is 4580. The first-order valence-electron chi connectivity index (χ1n) is 28.7. The minimum absolute atomic E-state index is 0.00190. The number of ketones is 9. The molecular weight excluding hydrogens is 1110 g/mol. The van der Waals surface area contributed by atoms with Gasteiger partial charge in [0.2, 0.25) is 35.0 Å². The van der Waals surface area contributed by atoms with Crippen molar-refractivity contribution in [1.29, 1.82) is 5.26 Å². The standard InChI is InChI=1S/C68H49N7O12/c1-66(2)19-39(76)48-42(22-66)85-65-52(47(48)35-17-15-32(25-69)16-18-35)58(80)38-28-75(73-56(38)62(65)84)30-68(4)21-41(78)50-44(24-68)86-63-53(46(50)34-13-9-6-10-14-34)60(82)54-37(59(63)81)27-74(31-70-54)29-67(3)20-40(77)49-43(23-67)87-64-51(45(49)33-11-7-5-8-12-33)57(79)36-26-71-72-55(36)61(64)83/h5-18,26-28,31,45-47H,19-24,29-30H2,1-4H3/p+2. The van der Waals surface area contributed by atoms with E-state index in [1.54, 1.807) is 88.1 Å². The number of aromatic nitrogens is 6. The summed E-state index contributed by atoms with van der Waals surface area (Å²) in [5.74, 6) is -6.90. The Hall–Kier alpha value is -10.5. The number of benzene rings is 3. The third-order valence-electron chi connectivity index (χ3n) is 18.4. The Balaban J connectivity index is 0.722. The van der Waals surface area contributed by atoms with E-state index in [1.807, 2.05) is 33.8 Å². The fourth-order valence-electron chi connectivity index (χ4n) is 14.8. The lowest BCUT2D eigenvalue weighted by Crippen LogP contribution is -2.48. The van der Waals surface area contributed by atoms with Crippen LogP contribution in [0.4, 0.5) is 0 Å². The fourth-order valence-corrected chi connectivity index (χ4v) is 14.8. The summed E-state index contributed by atoms with van der Waals surface area (Å²) in [7, 11) is 0. The van der Waals surface area contributed by atoms with Gasteiger partial charge in [-0.15, -0.1) is 4.68 Å². The molecule has 87 heavy (non-hydrogen) atoms. The van der Waals surface area contributed by atoms with Crippen LogP contribution in [0.15, 0.2) is 178 Å². The number of hydrogen-bond acceptors (Lipinski definition) is 15. The van der Waals surface area contributed by atoms with Gasteiger partial charge in [0.15, 0.2) is 52.6 Å². The van der Waals surface area contributed by atoms with Gasteiger partial charge in [-0.3, -0.25) is 48.2 Å². The summed E-state index contributed by atoms with van der Waals surface area (Å²) in [6.45, 7) is 7.75. The van der Waals surface area contributed by atoms with Gasteiger partial charge in [0.25, 0.3) is 12.1 Å². The average Bonchev–Trinajstić information content (AvgIpc) is 1.56. The maximum Gasteiger partial charge on any atom is 0.287 e. The number of nitrogens with zero attached hydrogens (tertiary/aromatic N) is 5. The number of ether oxygens (including phenoxy) is 3. The summed E-state index contributed by atoms with van der Waals surface area (Å²) in [6.07, 6.45) is 6.45. The minimum Gasteiger partial charge on any atom is -0.457 e. The van der Waals surface area contributed by atoms with Crippen LogP contribution in [0.2, 0.25) is 0 Å². The molecule has 6 aromatic rings. The van der Waals surface area contributed by atoms with Crippen molar-refractivity contribution in [1.82, 2.24) is 20.3 Å². The predicted molar refractivity (Wildman–Crippen MR) is 300 cm³/mol. The number of H-pyrrole nitrogens is 2. The van der Waals surface area contributed by atoms with Crippen LogP contribution in [0.3, 0.4) is 0 Å². The second-order valence-electron chi connectivity index (χ2n) is 25.6. The highest BCUT2D eigenvalue weighted by molar-refractivity contribution is 6.29. The van der Waals surface area contributed by atoms with E-state index in [4.69, 9.17) is 14.2 Å². The van der Waals surface area contributed by atoms with Gasteiger partial charge in [0, 0.05) is 83.8 Å². The molecule has 0 saturated carbocycles. The predicted octanol–water partition coefficient (Wildman–Crippen LogP) is 8.21. The highest BCUT2D eigenvalue weighted by Gasteiger charge is 2.56. The third kappa shape index (κ3) is 8.10. The van der Waals surface area contributed by atoms with E-state index in [1.165, 1.54) is 24.9 Å². The molecule has 0 fully saturated rings. The van der Waals surface area contributed by atoms with Crippen molar-refractivity contribution < 1.29 is 66.6 Å². The van der Waals surface area contributed by atoms with Crippen LogP contribution in [-0.4, -0.2) is 72.3 Å². The van der Waals surface area contributed by atoms with Crippen molar-refractivity contribution in [2.24, 2.45) is 16.2 Å². The molecule has 0 spiro atoms. The van der Waals surface area contributed by atoms with Crippen molar-refractivity contribution >= 4 is 52.0 Å². The topological polar surface area (TPSA) is 270 Å². The maximum absolute atomic E-state index is 15.2. The van der Waals surface area contributed by atoms with Gasteiger partial charge >= 0.3 is 0 Å². The van der Waals surface area contributed by atoms with E-state index in [0.717, 1.165) is 0 Å². The van der Waals surface area contributed by atoms with Crippen LogP contribution in [0, 0.1) is 27.6 Å². The van der Waals surface area contributed by atoms with Crippen LogP contribution in [-0.2, 0) is 41.7 Å². The van der Waals surface area contributed by atoms with E-state index < -0.39 is 68.7 Å². The summed E-state index contributed by atoms with van der Waals surface area (Å²) in [4.78, 5) is 136. The zero-order valence-corrected chi connectivity index (χ0v) is 47.4. The van der Waals surface area contributed by atoms with Gasteiger partial charge < -0.3 is 14.2 Å². The van der Waals surface area contributed by atoms with E-state index in [-0.39, 0.29) is 153 Å². The van der Waals surface area contributed by atoms with Crippen molar-refractivity contribution in [3.05, 3.63) is 234 Å². The van der Waals surface area contributed by atoms with Gasteiger partial charge in [-0.05, 0) is 39.2 Å². The summed E-state index contributed by atoms with van der Waals surface area (Å²) in [5, 5.41) is 19.3. The second kappa shape index (κ2) is 18.8. The number of rotatable bonds is 7. The maximum atomic E-state index is 15.2. The molecule has 3 aliphatic heterocycles. The normalized spacial score (nSPS) is 25.3. The molecule has 428 valence electrons. The summed E-state index contributed by atoms with van der Waals surface area (Å²) >= 11 is 0. The molecule has 5 atom stereocenters. The highest BCUT2D eigenvalue weighted by atomic mass is 16.5. The van der Waals surface area contributed by atoms with Gasteiger partial charge in [0.1, 0.15) is 40.3 Å². The fraction of sp³-hybridized carbons (Fsp3) is 0.265. The van der Waals surface area contributed by atoms with E-state index in [0.29, 0.717) is 40.0 Å². The number of aromatic amines is 2. The molecule has 19 heteroatoms. The molecule has 6 heterocycles. The summed E-state index contributed by atoms with van der Waals surface area (Å²) in [6, 6.07) is 26.6. The summed E-state index contributed by atoms with van der Waals surface area (Å²) < 4.78 is 22.5.